The van der Waals surface area contributed by atoms with Crippen molar-refractivity contribution < 1.29 is 22.3 Å². The summed E-state index contributed by atoms with van der Waals surface area (Å²) in [5.41, 5.74) is 1.62. The summed E-state index contributed by atoms with van der Waals surface area (Å²) in [6, 6.07) is 12.7. The molecule has 0 bridgehead atoms. The van der Waals surface area contributed by atoms with E-state index in [0.29, 0.717) is 16.5 Å². The van der Waals surface area contributed by atoms with Gasteiger partial charge in [0.2, 0.25) is 11.8 Å². The van der Waals surface area contributed by atoms with Gasteiger partial charge in [-0.1, -0.05) is 42.1 Å². The second kappa shape index (κ2) is 7.56. The summed E-state index contributed by atoms with van der Waals surface area (Å²) in [7, 11) is 0. The standard InChI is InChI=1S/C16H12F3N3O2S/c17-16(18,19)10-23-13-7-6-12(8-20-13)14-21-22-15(24-14)25-9-11-4-2-1-3-5-11/h1-8H,9-10H2. The molecule has 0 aliphatic heterocycles. The monoisotopic (exact) mass is 367 g/mol. The van der Waals surface area contributed by atoms with Gasteiger partial charge < -0.3 is 9.15 Å². The molecule has 1 aromatic carbocycles. The van der Waals surface area contributed by atoms with Crippen LogP contribution in [0, 0.1) is 0 Å². The van der Waals surface area contributed by atoms with Crippen LogP contribution >= 0.6 is 11.8 Å². The maximum Gasteiger partial charge on any atom is 0.422 e. The highest BCUT2D eigenvalue weighted by atomic mass is 32.2. The number of rotatable bonds is 6. The van der Waals surface area contributed by atoms with E-state index in [-0.39, 0.29) is 11.8 Å². The molecule has 9 heteroatoms. The Morgan fingerprint density at radius 2 is 1.84 bits per heavy atom. The van der Waals surface area contributed by atoms with E-state index in [1.807, 2.05) is 30.3 Å². The molecule has 0 fully saturated rings. The number of thioether (sulfide) groups is 1. The number of nitrogens with zero attached hydrogens (tertiary/aromatic N) is 3. The van der Waals surface area contributed by atoms with Crippen molar-refractivity contribution >= 4 is 11.8 Å². The Balaban J connectivity index is 1.60. The molecule has 3 rings (SSSR count). The summed E-state index contributed by atoms with van der Waals surface area (Å²) in [5.74, 6) is 0.801. The Morgan fingerprint density at radius 3 is 2.52 bits per heavy atom. The summed E-state index contributed by atoms with van der Waals surface area (Å²) in [4.78, 5) is 3.80. The van der Waals surface area contributed by atoms with Gasteiger partial charge in [0.15, 0.2) is 6.61 Å². The Morgan fingerprint density at radius 1 is 1.04 bits per heavy atom. The molecule has 3 aromatic rings. The van der Waals surface area contributed by atoms with Crippen LogP contribution in [0.1, 0.15) is 5.56 Å². The fourth-order valence-electron chi connectivity index (χ4n) is 1.85. The lowest BCUT2D eigenvalue weighted by atomic mass is 10.2. The van der Waals surface area contributed by atoms with Gasteiger partial charge in [0.05, 0.1) is 5.56 Å². The van der Waals surface area contributed by atoms with Gasteiger partial charge in [-0.2, -0.15) is 13.2 Å². The molecule has 0 saturated heterocycles. The van der Waals surface area contributed by atoms with Crippen LogP contribution in [0.4, 0.5) is 13.2 Å². The number of hydrogen-bond donors (Lipinski definition) is 0. The minimum Gasteiger partial charge on any atom is -0.468 e. The largest absolute Gasteiger partial charge is 0.468 e. The molecule has 2 aromatic heterocycles. The third-order valence-corrected chi connectivity index (χ3v) is 3.87. The smallest absolute Gasteiger partial charge is 0.422 e. The van der Waals surface area contributed by atoms with Crippen LogP contribution in [0.5, 0.6) is 5.88 Å². The third-order valence-electron chi connectivity index (χ3n) is 2.98. The van der Waals surface area contributed by atoms with E-state index in [2.05, 4.69) is 19.9 Å². The number of benzene rings is 1. The molecule has 0 unspecified atom stereocenters. The fourth-order valence-corrected chi connectivity index (χ4v) is 2.57. The minimum atomic E-state index is -4.41. The molecule has 0 saturated carbocycles. The molecule has 0 aliphatic carbocycles. The molecule has 25 heavy (non-hydrogen) atoms. The number of hydrogen-bond acceptors (Lipinski definition) is 6. The summed E-state index contributed by atoms with van der Waals surface area (Å²) in [6.07, 6.45) is -3.08. The van der Waals surface area contributed by atoms with E-state index < -0.39 is 12.8 Å². The first-order chi connectivity index (χ1) is 12.0. The van der Waals surface area contributed by atoms with Crippen LogP contribution in [0.15, 0.2) is 58.3 Å². The SMILES string of the molecule is FC(F)(F)COc1ccc(-c2nnc(SCc3ccccc3)o2)cn1. The molecule has 0 radical (unpaired) electrons. The van der Waals surface area contributed by atoms with Crippen molar-refractivity contribution in [3.05, 3.63) is 54.2 Å². The Hall–Kier alpha value is -2.55. The molecule has 0 N–H and O–H groups in total. The van der Waals surface area contributed by atoms with E-state index in [9.17, 15) is 13.2 Å². The van der Waals surface area contributed by atoms with Gasteiger partial charge in [-0.15, -0.1) is 10.2 Å². The zero-order chi connectivity index (χ0) is 17.7. The number of alkyl halides is 3. The summed E-state index contributed by atoms with van der Waals surface area (Å²) < 4.78 is 46.4. The molecule has 0 spiro atoms. The van der Waals surface area contributed by atoms with Gasteiger partial charge in [0.1, 0.15) is 0 Å². The highest BCUT2D eigenvalue weighted by molar-refractivity contribution is 7.98. The maximum atomic E-state index is 12.1. The second-order valence-corrected chi connectivity index (χ2v) is 5.86. The predicted molar refractivity (Wildman–Crippen MR) is 85.1 cm³/mol. The van der Waals surface area contributed by atoms with Crippen LogP contribution in [-0.2, 0) is 5.75 Å². The molecule has 0 atom stereocenters. The lowest BCUT2D eigenvalue weighted by molar-refractivity contribution is -0.154. The Bertz CT molecular complexity index is 807. The van der Waals surface area contributed by atoms with Crippen molar-refractivity contribution in [1.82, 2.24) is 15.2 Å². The Kier molecular flexibility index (Phi) is 5.22. The van der Waals surface area contributed by atoms with Gasteiger partial charge in [0.25, 0.3) is 5.22 Å². The first-order valence-corrected chi connectivity index (χ1v) is 8.14. The molecule has 2 heterocycles. The molecule has 0 amide bonds. The zero-order valence-corrected chi connectivity index (χ0v) is 13.5. The quantitative estimate of drug-likeness (QED) is 0.603. The molecule has 130 valence electrons. The van der Waals surface area contributed by atoms with E-state index in [4.69, 9.17) is 4.42 Å². The van der Waals surface area contributed by atoms with Crippen molar-refractivity contribution in [3.63, 3.8) is 0 Å². The number of ether oxygens (including phenoxy) is 1. The van der Waals surface area contributed by atoms with Gasteiger partial charge in [0, 0.05) is 18.0 Å². The molecule has 5 nitrogen and oxygen atoms in total. The normalized spacial score (nSPS) is 11.5. The first kappa shape index (κ1) is 17.3. The fraction of sp³-hybridized carbons (Fsp3) is 0.188. The van der Waals surface area contributed by atoms with E-state index in [0.717, 1.165) is 5.56 Å². The van der Waals surface area contributed by atoms with E-state index in [1.54, 1.807) is 0 Å². The highest BCUT2D eigenvalue weighted by Gasteiger charge is 2.28. The van der Waals surface area contributed by atoms with Crippen molar-refractivity contribution in [3.8, 4) is 17.3 Å². The number of pyridine rings is 1. The number of halogens is 3. The van der Waals surface area contributed by atoms with Gasteiger partial charge in [-0.25, -0.2) is 4.98 Å². The summed E-state index contributed by atoms with van der Waals surface area (Å²) in [5, 5.41) is 8.25. The lowest BCUT2D eigenvalue weighted by Crippen LogP contribution is -2.19. The van der Waals surface area contributed by atoms with E-state index in [1.165, 1.54) is 30.1 Å². The van der Waals surface area contributed by atoms with Crippen molar-refractivity contribution in [2.75, 3.05) is 6.61 Å². The van der Waals surface area contributed by atoms with Gasteiger partial charge in [-0.05, 0) is 11.6 Å². The van der Waals surface area contributed by atoms with E-state index >= 15 is 0 Å². The number of aromatic nitrogens is 3. The van der Waals surface area contributed by atoms with Gasteiger partial charge >= 0.3 is 6.18 Å². The van der Waals surface area contributed by atoms with Crippen LogP contribution in [0.2, 0.25) is 0 Å². The molecular weight excluding hydrogens is 355 g/mol. The predicted octanol–water partition coefficient (Wildman–Crippen LogP) is 4.37. The lowest BCUT2D eigenvalue weighted by Gasteiger charge is -2.07. The zero-order valence-electron chi connectivity index (χ0n) is 12.7. The molecular formula is C16H12F3N3O2S. The van der Waals surface area contributed by atoms with Crippen molar-refractivity contribution in [2.24, 2.45) is 0 Å². The van der Waals surface area contributed by atoms with Crippen LogP contribution in [0.3, 0.4) is 0 Å². The second-order valence-electron chi connectivity index (χ2n) is 4.94. The molecule has 0 aliphatic rings. The third kappa shape index (κ3) is 5.21. The van der Waals surface area contributed by atoms with Crippen LogP contribution < -0.4 is 4.74 Å². The Labute approximate surface area is 145 Å². The van der Waals surface area contributed by atoms with Crippen LogP contribution in [0.25, 0.3) is 11.5 Å². The topological polar surface area (TPSA) is 61.0 Å². The average molecular weight is 367 g/mol. The maximum absolute atomic E-state index is 12.1. The highest BCUT2D eigenvalue weighted by Crippen LogP contribution is 2.26. The van der Waals surface area contributed by atoms with Crippen molar-refractivity contribution in [1.29, 1.82) is 0 Å². The van der Waals surface area contributed by atoms with Crippen molar-refractivity contribution in [2.45, 2.75) is 17.2 Å². The average Bonchev–Trinajstić information content (AvgIpc) is 3.08. The first-order valence-electron chi connectivity index (χ1n) is 7.16. The van der Waals surface area contributed by atoms with Crippen LogP contribution in [-0.4, -0.2) is 28.0 Å². The summed E-state index contributed by atoms with van der Waals surface area (Å²) in [6.45, 7) is -1.39. The van der Waals surface area contributed by atoms with Gasteiger partial charge in [-0.3, -0.25) is 0 Å². The minimum absolute atomic E-state index is 0.126. The summed E-state index contributed by atoms with van der Waals surface area (Å²) >= 11 is 1.39.